The van der Waals surface area contributed by atoms with Crippen molar-refractivity contribution >= 4 is 49.1 Å². The molecule has 0 saturated carbocycles. The Labute approximate surface area is 161 Å². The SMILES string of the molecule is CN(C)c1nc2sc(C(=O)N3CCCCC3CNC(=O)CCN)cc2s1. The fraction of sp³-hybridized carbons (Fsp3) is 0.588. The molecule has 1 atom stereocenters. The van der Waals surface area contributed by atoms with Crippen LogP contribution in [-0.4, -0.2) is 61.5 Å². The van der Waals surface area contributed by atoms with E-state index >= 15 is 0 Å². The number of piperidine rings is 1. The number of thiazole rings is 1. The Bertz CT molecular complexity index is 754. The minimum absolute atomic E-state index is 0.0448. The first-order valence-corrected chi connectivity index (χ1v) is 10.5. The molecule has 2 aromatic rings. The van der Waals surface area contributed by atoms with Crippen molar-refractivity contribution in [3.8, 4) is 0 Å². The quantitative estimate of drug-likeness (QED) is 0.779. The number of hydrogen-bond acceptors (Lipinski definition) is 7. The lowest BCUT2D eigenvalue weighted by Crippen LogP contribution is -2.49. The molecule has 3 heterocycles. The first-order chi connectivity index (χ1) is 12.5. The summed E-state index contributed by atoms with van der Waals surface area (Å²) < 4.78 is 1.05. The van der Waals surface area contributed by atoms with Gasteiger partial charge in [0.25, 0.3) is 5.91 Å². The van der Waals surface area contributed by atoms with Gasteiger partial charge < -0.3 is 20.9 Å². The van der Waals surface area contributed by atoms with E-state index in [1.807, 2.05) is 30.0 Å². The first-order valence-electron chi connectivity index (χ1n) is 8.85. The molecule has 3 rings (SSSR count). The maximum atomic E-state index is 13.0. The Kier molecular flexibility index (Phi) is 6.10. The van der Waals surface area contributed by atoms with Gasteiger partial charge in [-0.15, -0.1) is 11.3 Å². The van der Waals surface area contributed by atoms with Gasteiger partial charge in [0, 0.05) is 46.2 Å². The highest BCUT2D eigenvalue weighted by atomic mass is 32.1. The molecule has 2 aromatic heterocycles. The zero-order valence-corrected chi connectivity index (χ0v) is 16.8. The topological polar surface area (TPSA) is 91.6 Å². The molecule has 0 radical (unpaired) electrons. The van der Waals surface area contributed by atoms with Crippen LogP contribution in [0.3, 0.4) is 0 Å². The number of amides is 2. The summed E-state index contributed by atoms with van der Waals surface area (Å²) in [7, 11) is 3.93. The maximum absolute atomic E-state index is 13.0. The second-order valence-electron chi connectivity index (χ2n) is 6.66. The van der Waals surface area contributed by atoms with E-state index in [0.29, 0.717) is 19.5 Å². The predicted molar refractivity (Wildman–Crippen MR) is 107 cm³/mol. The molecule has 3 N–H and O–H groups in total. The summed E-state index contributed by atoms with van der Waals surface area (Å²) in [6.07, 6.45) is 3.31. The van der Waals surface area contributed by atoms with Crippen molar-refractivity contribution in [1.82, 2.24) is 15.2 Å². The number of nitrogens with zero attached hydrogens (tertiary/aromatic N) is 3. The van der Waals surface area contributed by atoms with E-state index < -0.39 is 0 Å². The molecule has 0 bridgehead atoms. The number of thiophene rings is 1. The summed E-state index contributed by atoms with van der Waals surface area (Å²) in [6, 6.07) is 1.99. The average Bonchev–Trinajstić information content (AvgIpc) is 3.19. The van der Waals surface area contributed by atoms with Crippen LogP contribution < -0.4 is 16.0 Å². The number of likely N-dealkylation sites (tertiary alicyclic amines) is 1. The number of nitrogens with two attached hydrogens (primary N) is 1. The van der Waals surface area contributed by atoms with Crippen LogP contribution in [0.2, 0.25) is 0 Å². The van der Waals surface area contributed by atoms with Gasteiger partial charge in [0.15, 0.2) is 5.13 Å². The van der Waals surface area contributed by atoms with Crippen LogP contribution in [0.25, 0.3) is 9.53 Å². The number of nitrogens with one attached hydrogen (secondary N) is 1. The van der Waals surface area contributed by atoms with Crippen LogP contribution >= 0.6 is 22.7 Å². The van der Waals surface area contributed by atoms with Crippen molar-refractivity contribution in [2.45, 2.75) is 31.7 Å². The normalized spacial score (nSPS) is 17.5. The summed E-state index contributed by atoms with van der Waals surface area (Å²) >= 11 is 3.05. The van der Waals surface area contributed by atoms with Crippen LogP contribution in [0, 0.1) is 0 Å². The lowest BCUT2D eigenvalue weighted by molar-refractivity contribution is -0.121. The molecule has 0 spiro atoms. The van der Waals surface area contributed by atoms with Gasteiger partial charge in [-0.05, 0) is 25.3 Å². The summed E-state index contributed by atoms with van der Waals surface area (Å²) in [5.74, 6) is -0.00750. The van der Waals surface area contributed by atoms with Gasteiger partial charge in [-0.2, -0.15) is 0 Å². The van der Waals surface area contributed by atoms with Crippen LogP contribution in [0.4, 0.5) is 5.13 Å². The molecule has 2 amide bonds. The van der Waals surface area contributed by atoms with E-state index in [0.717, 1.165) is 45.3 Å². The van der Waals surface area contributed by atoms with E-state index in [4.69, 9.17) is 5.73 Å². The van der Waals surface area contributed by atoms with Crippen molar-refractivity contribution in [2.75, 3.05) is 38.6 Å². The lowest BCUT2D eigenvalue weighted by Gasteiger charge is -2.35. The van der Waals surface area contributed by atoms with E-state index in [1.165, 1.54) is 11.3 Å². The van der Waals surface area contributed by atoms with Crippen LogP contribution in [-0.2, 0) is 4.79 Å². The maximum Gasteiger partial charge on any atom is 0.264 e. The monoisotopic (exact) mass is 395 g/mol. The number of aromatic nitrogens is 1. The molecular formula is C17H25N5O2S2. The zero-order valence-electron chi connectivity index (χ0n) is 15.2. The van der Waals surface area contributed by atoms with Gasteiger partial charge in [0.2, 0.25) is 5.91 Å². The zero-order chi connectivity index (χ0) is 18.7. The highest BCUT2D eigenvalue weighted by molar-refractivity contribution is 7.29. The number of rotatable bonds is 6. The third-order valence-electron chi connectivity index (χ3n) is 4.47. The van der Waals surface area contributed by atoms with Gasteiger partial charge in [-0.3, -0.25) is 9.59 Å². The smallest absolute Gasteiger partial charge is 0.264 e. The van der Waals surface area contributed by atoms with Gasteiger partial charge in [0.1, 0.15) is 4.83 Å². The predicted octanol–water partition coefficient (Wildman–Crippen LogP) is 1.88. The second-order valence-corrected chi connectivity index (χ2v) is 8.70. The molecular weight excluding hydrogens is 370 g/mol. The Morgan fingerprint density at radius 1 is 1.38 bits per heavy atom. The molecule has 142 valence electrons. The molecule has 0 aromatic carbocycles. The highest BCUT2D eigenvalue weighted by Crippen LogP contribution is 2.35. The fourth-order valence-electron chi connectivity index (χ4n) is 3.09. The summed E-state index contributed by atoms with van der Waals surface area (Å²) in [5, 5.41) is 3.85. The molecule has 1 saturated heterocycles. The Hall–Kier alpha value is -1.71. The largest absolute Gasteiger partial charge is 0.354 e. The standard InChI is InChI=1S/C17H25N5O2S2/c1-21(2)17-20-15-12(26-17)9-13(25-15)16(24)22-8-4-3-5-11(22)10-19-14(23)6-7-18/h9,11H,3-8,10,18H2,1-2H3,(H,19,23). The second kappa shape index (κ2) is 8.32. The summed E-state index contributed by atoms with van der Waals surface area (Å²) in [4.78, 5) is 34.8. The van der Waals surface area contributed by atoms with Gasteiger partial charge in [-0.25, -0.2) is 4.98 Å². The Balaban J connectivity index is 1.71. The molecule has 1 aliphatic heterocycles. The molecule has 7 nitrogen and oxygen atoms in total. The van der Waals surface area contributed by atoms with Crippen molar-refractivity contribution in [3.63, 3.8) is 0 Å². The number of hydrogen-bond donors (Lipinski definition) is 2. The van der Waals surface area contributed by atoms with Gasteiger partial charge >= 0.3 is 0 Å². The van der Waals surface area contributed by atoms with Crippen molar-refractivity contribution in [3.05, 3.63) is 10.9 Å². The van der Waals surface area contributed by atoms with Crippen molar-refractivity contribution < 1.29 is 9.59 Å². The van der Waals surface area contributed by atoms with Gasteiger partial charge in [0.05, 0.1) is 9.58 Å². The first kappa shape index (κ1) is 19.1. The van der Waals surface area contributed by atoms with E-state index in [-0.39, 0.29) is 17.9 Å². The van der Waals surface area contributed by atoms with E-state index in [9.17, 15) is 9.59 Å². The molecule has 1 aliphatic rings. The van der Waals surface area contributed by atoms with Crippen molar-refractivity contribution in [2.24, 2.45) is 5.73 Å². The number of carbonyl (C=O) groups excluding carboxylic acids is 2. The van der Waals surface area contributed by atoms with Crippen LogP contribution in [0.5, 0.6) is 0 Å². The van der Waals surface area contributed by atoms with Gasteiger partial charge in [-0.1, -0.05) is 11.3 Å². The summed E-state index contributed by atoms with van der Waals surface area (Å²) in [5.41, 5.74) is 5.41. The number of fused-ring (bicyclic) bond motifs is 1. The van der Waals surface area contributed by atoms with Crippen molar-refractivity contribution in [1.29, 1.82) is 0 Å². The lowest BCUT2D eigenvalue weighted by atomic mass is 10.0. The average molecular weight is 396 g/mol. The summed E-state index contributed by atoms with van der Waals surface area (Å²) in [6.45, 7) is 1.57. The molecule has 9 heteroatoms. The minimum atomic E-state index is -0.0532. The fourth-order valence-corrected chi connectivity index (χ4v) is 5.18. The molecule has 1 unspecified atom stereocenters. The van der Waals surface area contributed by atoms with Crippen LogP contribution in [0.1, 0.15) is 35.4 Å². The van der Waals surface area contributed by atoms with Crippen LogP contribution in [0.15, 0.2) is 6.07 Å². The number of anilines is 1. The molecule has 26 heavy (non-hydrogen) atoms. The molecule has 1 fully saturated rings. The Morgan fingerprint density at radius 3 is 2.88 bits per heavy atom. The molecule has 0 aliphatic carbocycles. The van der Waals surface area contributed by atoms with E-state index in [1.54, 1.807) is 11.3 Å². The number of carbonyl (C=O) groups is 2. The van der Waals surface area contributed by atoms with E-state index in [2.05, 4.69) is 10.3 Å². The minimum Gasteiger partial charge on any atom is -0.354 e. The Morgan fingerprint density at radius 2 is 2.19 bits per heavy atom. The third kappa shape index (κ3) is 4.16. The highest BCUT2D eigenvalue weighted by Gasteiger charge is 2.29. The third-order valence-corrected chi connectivity index (χ3v) is 6.78.